The number of fused-ring (bicyclic) bond motifs is 1. The zero-order valence-corrected chi connectivity index (χ0v) is 15.5. The third-order valence-corrected chi connectivity index (χ3v) is 6.47. The van der Waals surface area contributed by atoms with Gasteiger partial charge in [-0.3, -0.25) is 9.59 Å². The molecule has 0 unspecified atom stereocenters. The third-order valence-electron chi connectivity index (χ3n) is 4.22. The fourth-order valence-corrected chi connectivity index (χ4v) is 4.63. The number of aryl methyl sites for hydroxylation is 2. The summed E-state index contributed by atoms with van der Waals surface area (Å²) in [5, 5.41) is 3.62. The van der Waals surface area contributed by atoms with Crippen LogP contribution in [0.3, 0.4) is 0 Å². The first kappa shape index (κ1) is 16.2. The number of thiophene rings is 1. The van der Waals surface area contributed by atoms with Crippen molar-refractivity contribution < 1.29 is 9.59 Å². The van der Waals surface area contributed by atoms with E-state index in [4.69, 9.17) is 0 Å². The van der Waals surface area contributed by atoms with Crippen LogP contribution in [0.4, 0.5) is 5.00 Å². The molecule has 1 aliphatic rings. The van der Waals surface area contributed by atoms with Gasteiger partial charge in [-0.1, -0.05) is 23.5 Å². The molecule has 1 saturated carbocycles. The van der Waals surface area contributed by atoms with Crippen molar-refractivity contribution in [1.82, 2.24) is 4.57 Å². The van der Waals surface area contributed by atoms with Gasteiger partial charge in [-0.05, 0) is 43.5 Å². The maximum absolute atomic E-state index is 12.6. The molecule has 0 radical (unpaired) electrons. The molecule has 2 aromatic heterocycles. The van der Waals surface area contributed by atoms with Crippen molar-refractivity contribution in [2.24, 2.45) is 18.0 Å². The Bertz CT molecular complexity index is 1050. The first-order valence-corrected chi connectivity index (χ1v) is 9.71. The fourth-order valence-electron chi connectivity index (χ4n) is 2.65. The number of thiazole rings is 1. The summed E-state index contributed by atoms with van der Waals surface area (Å²) < 4.78 is 3.02. The lowest BCUT2D eigenvalue weighted by Crippen LogP contribution is -2.13. The largest absolute Gasteiger partial charge is 0.319 e. The highest BCUT2D eigenvalue weighted by atomic mass is 32.1. The van der Waals surface area contributed by atoms with E-state index in [2.05, 4.69) is 10.3 Å². The second-order valence-corrected chi connectivity index (χ2v) is 8.28. The molecule has 0 spiro atoms. The number of nitrogens with zero attached hydrogens (tertiary/aromatic N) is 2. The lowest BCUT2D eigenvalue weighted by atomic mass is 10.3. The average molecular weight is 371 g/mol. The number of rotatable bonds is 3. The van der Waals surface area contributed by atoms with Crippen LogP contribution < -0.4 is 10.1 Å². The van der Waals surface area contributed by atoms with Crippen molar-refractivity contribution in [2.75, 3.05) is 5.32 Å². The van der Waals surface area contributed by atoms with Gasteiger partial charge < -0.3 is 9.88 Å². The number of carbonyl (C=O) groups excluding carboxylic acids is 2. The van der Waals surface area contributed by atoms with E-state index in [1.807, 2.05) is 48.9 Å². The van der Waals surface area contributed by atoms with Gasteiger partial charge in [0, 0.05) is 13.0 Å². The number of para-hydroxylation sites is 1. The summed E-state index contributed by atoms with van der Waals surface area (Å²) in [6, 6.07) is 9.82. The highest BCUT2D eigenvalue weighted by Gasteiger charge is 2.30. The van der Waals surface area contributed by atoms with Crippen molar-refractivity contribution in [3.8, 4) is 0 Å². The summed E-state index contributed by atoms with van der Waals surface area (Å²) in [5.41, 5.74) is 1.90. The Hall–Kier alpha value is -2.25. The quantitative estimate of drug-likeness (QED) is 0.763. The highest BCUT2D eigenvalue weighted by Crippen LogP contribution is 2.33. The molecule has 25 heavy (non-hydrogen) atoms. The Balaban J connectivity index is 1.65. The summed E-state index contributed by atoms with van der Waals surface area (Å²) in [5.74, 6) is -0.0754. The predicted molar refractivity (Wildman–Crippen MR) is 101 cm³/mol. The SMILES string of the molecule is Cc1cc(NC(=O)C2CC2)sc1C(=O)N=c1sc2ccccc2n1C. The van der Waals surface area contributed by atoms with E-state index in [0.717, 1.165) is 28.6 Å². The van der Waals surface area contributed by atoms with E-state index in [9.17, 15) is 9.59 Å². The van der Waals surface area contributed by atoms with Crippen molar-refractivity contribution in [2.45, 2.75) is 19.8 Å². The highest BCUT2D eigenvalue weighted by molar-refractivity contribution is 7.18. The Morgan fingerprint density at radius 2 is 2.00 bits per heavy atom. The van der Waals surface area contributed by atoms with Crippen LogP contribution in [0.5, 0.6) is 0 Å². The Labute approximate surface area is 152 Å². The Morgan fingerprint density at radius 1 is 1.24 bits per heavy atom. The van der Waals surface area contributed by atoms with Gasteiger partial charge in [0.2, 0.25) is 5.91 Å². The molecule has 1 aromatic carbocycles. The van der Waals surface area contributed by atoms with Gasteiger partial charge in [0.05, 0.1) is 20.1 Å². The van der Waals surface area contributed by atoms with Gasteiger partial charge >= 0.3 is 0 Å². The number of hydrogen-bond donors (Lipinski definition) is 1. The molecule has 0 saturated heterocycles. The summed E-state index contributed by atoms with van der Waals surface area (Å²) in [4.78, 5) is 30.1. The van der Waals surface area contributed by atoms with Gasteiger partial charge in [0.1, 0.15) is 0 Å². The lowest BCUT2D eigenvalue weighted by molar-refractivity contribution is -0.117. The van der Waals surface area contributed by atoms with Crippen LogP contribution in [0.2, 0.25) is 0 Å². The van der Waals surface area contributed by atoms with Gasteiger partial charge in [0.25, 0.3) is 5.91 Å². The van der Waals surface area contributed by atoms with Gasteiger partial charge in [-0.2, -0.15) is 4.99 Å². The van der Waals surface area contributed by atoms with Crippen molar-refractivity contribution in [3.63, 3.8) is 0 Å². The van der Waals surface area contributed by atoms with Gasteiger partial charge in [-0.15, -0.1) is 11.3 Å². The monoisotopic (exact) mass is 371 g/mol. The number of amides is 2. The van der Waals surface area contributed by atoms with Crippen LogP contribution in [-0.4, -0.2) is 16.4 Å². The molecule has 5 nitrogen and oxygen atoms in total. The van der Waals surface area contributed by atoms with Crippen LogP contribution >= 0.6 is 22.7 Å². The van der Waals surface area contributed by atoms with Crippen LogP contribution in [-0.2, 0) is 11.8 Å². The molecule has 2 heterocycles. The second-order valence-electron chi connectivity index (χ2n) is 6.21. The lowest BCUT2D eigenvalue weighted by Gasteiger charge is -1.98. The molecule has 128 valence electrons. The zero-order valence-electron chi connectivity index (χ0n) is 13.9. The maximum Gasteiger partial charge on any atom is 0.290 e. The molecular formula is C18H17N3O2S2. The first-order chi connectivity index (χ1) is 12.0. The smallest absolute Gasteiger partial charge is 0.290 e. The van der Waals surface area contributed by atoms with Crippen LogP contribution in [0, 0.1) is 12.8 Å². The topological polar surface area (TPSA) is 63.5 Å². The molecule has 1 fully saturated rings. The normalized spacial score (nSPS) is 14.9. The Kier molecular flexibility index (Phi) is 4.05. The van der Waals surface area contributed by atoms with Gasteiger partial charge in [0.15, 0.2) is 4.80 Å². The Morgan fingerprint density at radius 3 is 2.72 bits per heavy atom. The van der Waals surface area contributed by atoms with Crippen LogP contribution in [0.1, 0.15) is 28.1 Å². The number of benzene rings is 1. The minimum atomic E-state index is -0.267. The number of aromatic nitrogens is 1. The predicted octanol–water partition coefficient (Wildman–Crippen LogP) is 3.70. The fraction of sp³-hybridized carbons (Fsp3) is 0.278. The molecule has 0 atom stereocenters. The molecule has 4 rings (SSSR count). The molecule has 0 bridgehead atoms. The average Bonchev–Trinajstić information content (AvgIpc) is 3.32. The number of nitrogens with one attached hydrogen (secondary N) is 1. The minimum Gasteiger partial charge on any atom is -0.319 e. The summed E-state index contributed by atoms with van der Waals surface area (Å²) in [6.45, 7) is 1.87. The van der Waals surface area contributed by atoms with Crippen LogP contribution in [0.15, 0.2) is 35.3 Å². The minimum absolute atomic E-state index is 0.0492. The molecule has 1 aliphatic carbocycles. The van der Waals surface area contributed by atoms with E-state index >= 15 is 0 Å². The van der Waals surface area contributed by atoms with E-state index < -0.39 is 0 Å². The summed E-state index contributed by atoms with van der Waals surface area (Å²) in [6.07, 6.45) is 1.92. The van der Waals surface area contributed by atoms with Crippen molar-refractivity contribution in [3.05, 3.63) is 45.6 Å². The summed E-state index contributed by atoms with van der Waals surface area (Å²) >= 11 is 2.79. The molecule has 1 N–H and O–H groups in total. The molecule has 2 amide bonds. The summed E-state index contributed by atoms with van der Waals surface area (Å²) in [7, 11) is 1.91. The van der Waals surface area contributed by atoms with Crippen LogP contribution in [0.25, 0.3) is 10.2 Å². The molecule has 3 aromatic rings. The number of carbonyl (C=O) groups is 2. The standard InChI is InChI=1S/C18H17N3O2S2/c1-10-9-14(19-16(22)11-7-8-11)25-15(10)17(23)20-18-21(2)12-5-3-4-6-13(12)24-18/h3-6,9,11H,7-8H2,1-2H3,(H,19,22). The molecule has 0 aliphatic heterocycles. The van der Waals surface area contributed by atoms with E-state index in [0.29, 0.717) is 14.7 Å². The first-order valence-electron chi connectivity index (χ1n) is 8.08. The third kappa shape index (κ3) is 3.17. The van der Waals surface area contributed by atoms with Crippen molar-refractivity contribution in [1.29, 1.82) is 0 Å². The zero-order chi connectivity index (χ0) is 17.6. The van der Waals surface area contributed by atoms with E-state index in [-0.39, 0.29) is 17.7 Å². The van der Waals surface area contributed by atoms with E-state index in [1.54, 1.807) is 0 Å². The maximum atomic E-state index is 12.6. The number of anilines is 1. The molecule has 7 heteroatoms. The van der Waals surface area contributed by atoms with Gasteiger partial charge in [-0.25, -0.2) is 0 Å². The van der Waals surface area contributed by atoms with Crippen molar-refractivity contribution >= 4 is 49.7 Å². The molecular weight excluding hydrogens is 354 g/mol. The second kappa shape index (κ2) is 6.24. The van der Waals surface area contributed by atoms with E-state index in [1.165, 1.54) is 22.7 Å². The number of hydrogen-bond acceptors (Lipinski definition) is 4.